The van der Waals surface area contributed by atoms with Crippen LogP contribution in [0.5, 0.6) is 0 Å². The van der Waals surface area contributed by atoms with Gasteiger partial charge in [-0.25, -0.2) is 0 Å². The van der Waals surface area contributed by atoms with Crippen molar-refractivity contribution in [3.05, 3.63) is 0 Å². The van der Waals surface area contributed by atoms with Crippen LogP contribution < -0.4 is 5.73 Å². The van der Waals surface area contributed by atoms with Crippen LogP contribution in [0, 0.1) is 5.92 Å². The molecule has 1 heterocycles. The van der Waals surface area contributed by atoms with Crippen LogP contribution >= 0.6 is 12.4 Å². The standard InChI is InChI=1S/C15H25N3O2.ClH/c16-15(6-7-15)14(20)18-10-8-17(9-11-18)13(19)12-4-2-1-3-5-12;/h12H,1-11,16H2;1H. The number of nitrogens with two attached hydrogens (primary N) is 1. The van der Waals surface area contributed by atoms with Gasteiger partial charge in [0.1, 0.15) is 0 Å². The van der Waals surface area contributed by atoms with E-state index in [1.54, 1.807) is 0 Å². The first-order valence-electron chi connectivity index (χ1n) is 7.97. The first-order chi connectivity index (χ1) is 9.60. The van der Waals surface area contributed by atoms with E-state index in [1.165, 1.54) is 19.3 Å². The summed E-state index contributed by atoms with van der Waals surface area (Å²) in [7, 11) is 0. The molecular formula is C15H26ClN3O2. The Bertz CT molecular complexity index is 398. The number of halogens is 1. The Hall–Kier alpha value is -0.810. The van der Waals surface area contributed by atoms with Crippen molar-refractivity contribution in [3.63, 3.8) is 0 Å². The van der Waals surface area contributed by atoms with E-state index in [2.05, 4.69) is 0 Å². The molecule has 2 saturated carbocycles. The number of carbonyl (C=O) groups is 2. The van der Waals surface area contributed by atoms with Gasteiger partial charge >= 0.3 is 0 Å². The molecule has 0 aromatic rings. The Labute approximate surface area is 132 Å². The summed E-state index contributed by atoms with van der Waals surface area (Å²) in [4.78, 5) is 28.4. The second-order valence-corrected chi connectivity index (χ2v) is 6.61. The van der Waals surface area contributed by atoms with E-state index in [0.717, 1.165) is 25.7 Å². The monoisotopic (exact) mass is 315 g/mol. The predicted octanol–water partition coefficient (Wildman–Crippen LogP) is 1.15. The number of carbonyl (C=O) groups excluding carboxylic acids is 2. The van der Waals surface area contributed by atoms with E-state index in [-0.39, 0.29) is 24.2 Å². The highest BCUT2D eigenvalue weighted by molar-refractivity contribution is 5.89. The van der Waals surface area contributed by atoms with Crippen molar-refractivity contribution in [3.8, 4) is 0 Å². The van der Waals surface area contributed by atoms with Crippen LogP contribution in [0.15, 0.2) is 0 Å². The summed E-state index contributed by atoms with van der Waals surface area (Å²) in [5, 5.41) is 0. The number of nitrogens with zero attached hydrogens (tertiary/aromatic N) is 2. The van der Waals surface area contributed by atoms with Crippen LogP contribution in [0.3, 0.4) is 0 Å². The first kappa shape index (κ1) is 16.6. The summed E-state index contributed by atoms with van der Waals surface area (Å²) in [6.45, 7) is 2.65. The van der Waals surface area contributed by atoms with Gasteiger partial charge in [-0.15, -0.1) is 12.4 Å². The largest absolute Gasteiger partial charge is 0.339 e. The Kier molecular flexibility index (Phi) is 5.15. The number of hydrogen-bond acceptors (Lipinski definition) is 3. The second kappa shape index (κ2) is 6.53. The molecule has 3 rings (SSSR count). The molecule has 0 bridgehead atoms. The zero-order valence-corrected chi connectivity index (χ0v) is 13.4. The van der Waals surface area contributed by atoms with Gasteiger partial charge in [0.15, 0.2) is 0 Å². The minimum absolute atomic E-state index is 0. The summed E-state index contributed by atoms with van der Waals surface area (Å²) in [5.41, 5.74) is 5.39. The van der Waals surface area contributed by atoms with Crippen molar-refractivity contribution in [2.75, 3.05) is 26.2 Å². The van der Waals surface area contributed by atoms with Gasteiger partial charge in [-0.1, -0.05) is 19.3 Å². The first-order valence-corrected chi connectivity index (χ1v) is 7.97. The lowest BCUT2D eigenvalue weighted by Crippen LogP contribution is -2.56. The minimum Gasteiger partial charge on any atom is -0.339 e. The smallest absolute Gasteiger partial charge is 0.242 e. The Morgan fingerprint density at radius 1 is 0.905 bits per heavy atom. The van der Waals surface area contributed by atoms with Gasteiger partial charge in [-0.3, -0.25) is 9.59 Å². The Morgan fingerprint density at radius 3 is 1.95 bits per heavy atom. The van der Waals surface area contributed by atoms with E-state index in [4.69, 9.17) is 5.73 Å². The van der Waals surface area contributed by atoms with Crippen molar-refractivity contribution >= 4 is 24.2 Å². The highest BCUT2D eigenvalue weighted by Crippen LogP contribution is 2.34. The molecule has 0 unspecified atom stereocenters. The average molecular weight is 316 g/mol. The number of hydrogen-bond donors (Lipinski definition) is 1. The zero-order valence-electron chi connectivity index (χ0n) is 12.6. The van der Waals surface area contributed by atoms with Gasteiger partial charge in [-0.2, -0.15) is 0 Å². The highest BCUT2D eigenvalue weighted by Gasteiger charge is 2.48. The average Bonchev–Trinajstić information content (AvgIpc) is 3.26. The number of amides is 2. The third-order valence-electron chi connectivity index (χ3n) is 5.05. The molecule has 120 valence electrons. The number of rotatable bonds is 2. The normalized spacial score (nSPS) is 25.2. The van der Waals surface area contributed by atoms with Crippen molar-refractivity contribution in [2.24, 2.45) is 11.7 Å². The summed E-state index contributed by atoms with van der Waals surface area (Å²) in [6, 6.07) is 0. The molecule has 0 radical (unpaired) electrons. The van der Waals surface area contributed by atoms with E-state index < -0.39 is 5.54 Å². The molecule has 0 aromatic carbocycles. The van der Waals surface area contributed by atoms with Crippen LogP contribution in [0.2, 0.25) is 0 Å². The molecule has 2 N–H and O–H groups in total. The molecule has 6 heteroatoms. The second-order valence-electron chi connectivity index (χ2n) is 6.61. The topological polar surface area (TPSA) is 66.6 Å². The predicted molar refractivity (Wildman–Crippen MR) is 83.1 cm³/mol. The fraction of sp³-hybridized carbons (Fsp3) is 0.867. The maximum atomic E-state index is 12.4. The molecule has 0 spiro atoms. The Morgan fingerprint density at radius 2 is 1.43 bits per heavy atom. The quantitative estimate of drug-likeness (QED) is 0.831. The molecule has 1 aliphatic heterocycles. The molecular weight excluding hydrogens is 290 g/mol. The summed E-state index contributed by atoms with van der Waals surface area (Å²) in [5.74, 6) is 0.628. The molecule has 5 nitrogen and oxygen atoms in total. The zero-order chi connectivity index (χ0) is 14.2. The molecule has 21 heavy (non-hydrogen) atoms. The van der Waals surface area contributed by atoms with Gasteiger partial charge in [0.2, 0.25) is 11.8 Å². The molecule has 1 saturated heterocycles. The third kappa shape index (κ3) is 3.51. The lowest BCUT2D eigenvalue weighted by molar-refractivity contribution is -0.143. The van der Waals surface area contributed by atoms with Gasteiger partial charge in [0.05, 0.1) is 5.54 Å². The lowest BCUT2D eigenvalue weighted by atomic mass is 9.88. The van der Waals surface area contributed by atoms with Crippen LogP contribution in [0.1, 0.15) is 44.9 Å². The lowest BCUT2D eigenvalue weighted by Gasteiger charge is -2.38. The molecule has 3 aliphatic rings. The van der Waals surface area contributed by atoms with Gasteiger partial charge < -0.3 is 15.5 Å². The molecule has 2 aliphatic carbocycles. The van der Waals surface area contributed by atoms with Crippen molar-refractivity contribution < 1.29 is 9.59 Å². The van der Waals surface area contributed by atoms with Crippen LogP contribution in [0.25, 0.3) is 0 Å². The molecule has 2 amide bonds. The van der Waals surface area contributed by atoms with Crippen molar-refractivity contribution in [1.82, 2.24) is 9.80 Å². The minimum atomic E-state index is -0.574. The van der Waals surface area contributed by atoms with Crippen LogP contribution in [0.4, 0.5) is 0 Å². The van der Waals surface area contributed by atoms with E-state index in [1.807, 2.05) is 9.80 Å². The van der Waals surface area contributed by atoms with Gasteiger partial charge in [-0.05, 0) is 25.7 Å². The summed E-state index contributed by atoms with van der Waals surface area (Å²) < 4.78 is 0. The third-order valence-corrected chi connectivity index (χ3v) is 5.05. The fourth-order valence-corrected chi connectivity index (χ4v) is 3.40. The van der Waals surface area contributed by atoms with Crippen molar-refractivity contribution in [1.29, 1.82) is 0 Å². The van der Waals surface area contributed by atoms with Crippen molar-refractivity contribution in [2.45, 2.75) is 50.5 Å². The molecule has 0 aromatic heterocycles. The summed E-state index contributed by atoms with van der Waals surface area (Å²) in [6.07, 6.45) is 7.35. The summed E-state index contributed by atoms with van der Waals surface area (Å²) >= 11 is 0. The molecule has 3 fully saturated rings. The highest BCUT2D eigenvalue weighted by atomic mass is 35.5. The van der Waals surface area contributed by atoms with E-state index >= 15 is 0 Å². The maximum Gasteiger partial charge on any atom is 0.242 e. The van der Waals surface area contributed by atoms with E-state index in [0.29, 0.717) is 32.1 Å². The van der Waals surface area contributed by atoms with Crippen LogP contribution in [-0.4, -0.2) is 53.3 Å². The number of piperazine rings is 1. The Balaban J connectivity index is 0.00000161. The SMILES string of the molecule is Cl.NC1(C(=O)N2CCN(C(=O)C3CCCCC3)CC2)CC1. The van der Waals surface area contributed by atoms with Crippen LogP contribution in [-0.2, 0) is 9.59 Å². The van der Waals surface area contributed by atoms with Gasteiger partial charge in [0.25, 0.3) is 0 Å². The fourth-order valence-electron chi connectivity index (χ4n) is 3.40. The van der Waals surface area contributed by atoms with E-state index in [9.17, 15) is 9.59 Å². The maximum absolute atomic E-state index is 12.4. The van der Waals surface area contributed by atoms with Gasteiger partial charge in [0, 0.05) is 32.1 Å². The molecule has 0 atom stereocenters.